The van der Waals surface area contributed by atoms with Crippen LogP contribution in [-0.4, -0.2) is 5.97 Å². The number of terminal acetylenes is 1. The standard InChI is InChI=1S/C15H18O2/c1-4-5-11-15(2,3)14(16)17-12-13-9-7-6-8-10-13/h1,6-10H,5,11-12H2,2-3H3. The van der Waals surface area contributed by atoms with Gasteiger partial charge in [-0.2, -0.15) is 0 Å². The number of esters is 1. The van der Waals surface area contributed by atoms with Crippen molar-refractivity contribution in [2.45, 2.75) is 33.3 Å². The largest absolute Gasteiger partial charge is 0.460 e. The van der Waals surface area contributed by atoms with Crippen molar-refractivity contribution >= 4 is 5.97 Å². The van der Waals surface area contributed by atoms with E-state index in [0.717, 1.165) is 5.56 Å². The number of hydrogen-bond donors (Lipinski definition) is 0. The summed E-state index contributed by atoms with van der Waals surface area (Å²) in [4.78, 5) is 11.9. The zero-order valence-corrected chi connectivity index (χ0v) is 10.4. The highest BCUT2D eigenvalue weighted by atomic mass is 16.5. The SMILES string of the molecule is C#CCCC(C)(C)C(=O)OCc1ccccc1. The van der Waals surface area contributed by atoms with Crippen molar-refractivity contribution in [2.75, 3.05) is 0 Å². The van der Waals surface area contributed by atoms with Crippen molar-refractivity contribution in [3.8, 4) is 12.3 Å². The lowest BCUT2D eigenvalue weighted by Crippen LogP contribution is -2.26. The Morgan fingerprint density at radius 2 is 2.00 bits per heavy atom. The smallest absolute Gasteiger partial charge is 0.311 e. The predicted octanol–water partition coefficient (Wildman–Crippen LogP) is 3.17. The van der Waals surface area contributed by atoms with Gasteiger partial charge in [0.2, 0.25) is 0 Å². The predicted molar refractivity (Wildman–Crippen MR) is 68.1 cm³/mol. The molecule has 0 atom stereocenters. The van der Waals surface area contributed by atoms with E-state index in [1.807, 2.05) is 44.2 Å². The van der Waals surface area contributed by atoms with E-state index in [9.17, 15) is 4.79 Å². The average Bonchev–Trinajstić information content (AvgIpc) is 2.34. The summed E-state index contributed by atoms with van der Waals surface area (Å²) in [5, 5.41) is 0. The summed E-state index contributed by atoms with van der Waals surface area (Å²) >= 11 is 0. The minimum absolute atomic E-state index is 0.198. The molecule has 2 nitrogen and oxygen atoms in total. The number of carbonyl (C=O) groups is 1. The zero-order valence-electron chi connectivity index (χ0n) is 10.4. The van der Waals surface area contributed by atoms with Crippen LogP contribution in [-0.2, 0) is 16.1 Å². The Balaban J connectivity index is 2.47. The number of hydrogen-bond acceptors (Lipinski definition) is 2. The van der Waals surface area contributed by atoms with E-state index in [4.69, 9.17) is 11.2 Å². The molecule has 0 heterocycles. The van der Waals surface area contributed by atoms with Crippen LogP contribution in [0.5, 0.6) is 0 Å². The van der Waals surface area contributed by atoms with Gasteiger partial charge in [0.15, 0.2) is 0 Å². The van der Waals surface area contributed by atoms with Gasteiger partial charge >= 0.3 is 5.97 Å². The Morgan fingerprint density at radius 3 is 2.59 bits per heavy atom. The Kier molecular flexibility index (Phi) is 4.78. The molecule has 90 valence electrons. The molecule has 1 aromatic rings. The normalized spacial score (nSPS) is 10.6. The van der Waals surface area contributed by atoms with Gasteiger partial charge in [-0.25, -0.2) is 0 Å². The van der Waals surface area contributed by atoms with Gasteiger partial charge < -0.3 is 4.74 Å². The van der Waals surface area contributed by atoms with Crippen LogP contribution in [0.15, 0.2) is 30.3 Å². The van der Waals surface area contributed by atoms with Crippen LogP contribution < -0.4 is 0 Å². The second-order valence-electron chi connectivity index (χ2n) is 4.65. The molecular weight excluding hydrogens is 212 g/mol. The maximum absolute atomic E-state index is 11.9. The van der Waals surface area contributed by atoms with Crippen LogP contribution in [0.4, 0.5) is 0 Å². The molecular formula is C15H18O2. The van der Waals surface area contributed by atoms with E-state index in [1.165, 1.54) is 0 Å². The first-order valence-corrected chi connectivity index (χ1v) is 5.71. The van der Waals surface area contributed by atoms with Crippen molar-refractivity contribution in [3.63, 3.8) is 0 Å². The van der Waals surface area contributed by atoms with Gasteiger partial charge in [0.05, 0.1) is 5.41 Å². The van der Waals surface area contributed by atoms with Crippen LogP contribution in [0.2, 0.25) is 0 Å². The van der Waals surface area contributed by atoms with Gasteiger partial charge in [0, 0.05) is 6.42 Å². The van der Waals surface area contributed by atoms with Gasteiger partial charge in [-0.15, -0.1) is 12.3 Å². The third-order valence-corrected chi connectivity index (χ3v) is 2.66. The van der Waals surface area contributed by atoms with Crippen molar-refractivity contribution < 1.29 is 9.53 Å². The highest BCUT2D eigenvalue weighted by molar-refractivity contribution is 5.75. The molecule has 0 aliphatic carbocycles. The molecule has 0 saturated heterocycles. The summed E-state index contributed by atoms with van der Waals surface area (Å²) in [6.07, 6.45) is 6.44. The lowest BCUT2D eigenvalue weighted by Gasteiger charge is -2.21. The van der Waals surface area contributed by atoms with Gasteiger partial charge in [-0.05, 0) is 25.8 Å². The summed E-state index contributed by atoms with van der Waals surface area (Å²) in [5.41, 5.74) is 0.481. The van der Waals surface area contributed by atoms with Crippen molar-refractivity contribution in [3.05, 3.63) is 35.9 Å². The monoisotopic (exact) mass is 230 g/mol. The molecule has 17 heavy (non-hydrogen) atoms. The molecule has 0 fully saturated rings. The lowest BCUT2D eigenvalue weighted by atomic mass is 9.88. The number of ether oxygens (including phenoxy) is 1. The topological polar surface area (TPSA) is 26.3 Å². The summed E-state index contributed by atoms with van der Waals surface area (Å²) in [5.74, 6) is 2.35. The first-order chi connectivity index (χ1) is 8.06. The lowest BCUT2D eigenvalue weighted by molar-refractivity contribution is -0.155. The van der Waals surface area contributed by atoms with Crippen molar-refractivity contribution in [1.82, 2.24) is 0 Å². The van der Waals surface area contributed by atoms with E-state index < -0.39 is 5.41 Å². The Bertz CT molecular complexity index is 399. The maximum Gasteiger partial charge on any atom is 0.311 e. The molecule has 0 aromatic heterocycles. The Hall–Kier alpha value is -1.75. The fourth-order valence-corrected chi connectivity index (χ4v) is 1.41. The maximum atomic E-state index is 11.9. The first kappa shape index (κ1) is 13.3. The van der Waals surface area contributed by atoms with E-state index >= 15 is 0 Å². The summed E-state index contributed by atoms with van der Waals surface area (Å²) in [6, 6.07) is 9.64. The van der Waals surface area contributed by atoms with Crippen LogP contribution in [0, 0.1) is 17.8 Å². The number of carbonyl (C=O) groups excluding carboxylic acids is 1. The second-order valence-corrected chi connectivity index (χ2v) is 4.65. The fraction of sp³-hybridized carbons (Fsp3) is 0.400. The molecule has 0 aliphatic rings. The van der Waals surface area contributed by atoms with Crippen molar-refractivity contribution in [1.29, 1.82) is 0 Å². The molecule has 2 heteroatoms. The Morgan fingerprint density at radius 1 is 1.35 bits per heavy atom. The second kappa shape index (κ2) is 6.10. The highest BCUT2D eigenvalue weighted by Gasteiger charge is 2.28. The van der Waals surface area contributed by atoms with Gasteiger partial charge in [-0.3, -0.25) is 4.79 Å². The van der Waals surface area contributed by atoms with Gasteiger partial charge in [-0.1, -0.05) is 30.3 Å². The molecule has 1 aromatic carbocycles. The molecule has 0 unspecified atom stereocenters. The van der Waals surface area contributed by atoms with E-state index in [-0.39, 0.29) is 5.97 Å². The minimum Gasteiger partial charge on any atom is -0.460 e. The summed E-state index contributed by atoms with van der Waals surface area (Å²) < 4.78 is 5.28. The minimum atomic E-state index is -0.513. The van der Waals surface area contributed by atoms with Gasteiger partial charge in [0.25, 0.3) is 0 Å². The number of benzene rings is 1. The first-order valence-electron chi connectivity index (χ1n) is 5.71. The van der Waals surface area contributed by atoms with Crippen LogP contribution in [0.3, 0.4) is 0 Å². The molecule has 0 saturated carbocycles. The fourth-order valence-electron chi connectivity index (χ4n) is 1.41. The van der Waals surface area contributed by atoms with Crippen molar-refractivity contribution in [2.24, 2.45) is 5.41 Å². The Labute approximate surface area is 103 Å². The highest BCUT2D eigenvalue weighted by Crippen LogP contribution is 2.24. The number of rotatable bonds is 5. The quantitative estimate of drug-likeness (QED) is 0.573. The van der Waals surface area contributed by atoms with E-state index in [0.29, 0.717) is 19.4 Å². The average molecular weight is 230 g/mol. The van der Waals surface area contributed by atoms with E-state index in [2.05, 4.69) is 5.92 Å². The molecule has 0 radical (unpaired) electrons. The van der Waals surface area contributed by atoms with Gasteiger partial charge in [0.1, 0.15) is 6.61 Å². The third kappa shape index (κ3) is 4.32. The molecule has 1 rings (SSSR count). The molecule has 0 N–H and O–H groups in total. The molecule has 0 bridgehead atoms. The molecule has 0 spiro atoms. The molecule has 0 aliphatic heterocycles. The third-order valence-electron chi connectivity index (χ3n) is 2.66. The zero-order chi connectivity index (χ0) is 12.7. The van der Waals surface area contributed by atoms with Crippen LogP contribution in [0.1, 0.15) is 32.3 Å². The summed E-state index contributed by atoms with van der Waals surface area (Å²) in [7, 11) is 0. The van der Waals surface area contributed by atoms with Crippen LogP contribution in [0.25, 0.3) is 0 Å². The van der Waals surface area contributed by atoms with Crippen LogP contribution >= 0.6 is 0 Å². The van der Waals surface area contributed by atoms with E-state index in [1.54, 1.807) is 0 Å². The summed E-state index contributed by atoms with van der Waals surface area (Å²) in [6.45, 7) is 4.04. The molecule has 0 amide bonds.